The molecule has 1 amide bonds. The topological polar surface area (TPSA) is 65.1 Å². The fourth-order valence-electron chi connectivity index (χ4n) is 4.89. The first-order valence-corrected chi connectivity index (χ1v) is 12.4. The Kier molecular flexibility index (Phi) is 9.69. The van der Waals surface area contributed by atoms with Crippen molar-refractivity contribution in [2.45, 2.75) is 96.1 Å². The van der Waals surface area contributed by atoms with E-state index in [1.807, 2.05) is 24.3 Å². The molecule has 32 heavy (non-hydrogen) atoms. The summed E-state index contributed by atoms with van der Waals surface area (Å²) in [6, 6.07) is 7.35. The van der Waals surface area contributed by atoms with E-state index < -0.39 is 6.10 Å². The molecule has 1 saturated heterocycles. The number of benzene rings is 1. The van der Waals surface area contributed by atoms with Crippen LogP contribution < -0.4 is 9.64 Å². The number of carbonyl (C=O) groups is 2. The Morgan fingerprint density at radius 1 is 1.06 bits per heavy atom. The molecular formula is C26H39NO5. The van der Waals surface area contributed by atoms with E-state index in [2.05, 4.69) is 6.92 Å². The number of ether oxygens (including phenoxy) is 3. The van der Waals surface area contributed by atoms with Crippen LogP contribution in [-0.2, 0) is 14.3 Å². The van der Waals surface area contributed by atoms with Crippen LogP contribution >= 0.6 is 0 Å². The third kappa shape index (κ3) is 6.88. The highest BCUT2D eigenvalue weighted by Gasteiger charge is 2.44. The van der Waals surface area contributed by atoms with Gasteiger partial charge in [0.25, 0.3) is 0 Å². The Hall–Kier alpha value is -2.24. The molecule has 1 saturated carbocycles. The van der Waals surface area contributed by atoms with Crippen LogP contribution in [0.1, 0.15) is 84.0 Å². The third-order valence-electron chi connectivity index (χ3n) is 6.75. The zero-order chi connectivity index (χ0) is 22.8. The van der Waals surface area contributed by atoms with E-state index in [0.717, 1.165) is 37.1 Å². The molecule has 0 aromatic heterocycles. The first kappa shape index (κ1) is 24.4. The van der Waals surface area contributed by atoms with Crippen LogP contribution in [0.4, 0.5) is 10.5 Å². The van der Waals surface area contributed by atoms with E-state index in [-0.39, 0.29) is 24.7 Å². The van der Waals surface area contributed by atoms with Gasteiger partial charge in [-0.15, -0.1) is 0 Å². The molecule has 1 heterocycles. The lowest BCUT2D eigenvalue weighted by atomic mass is 9.83. The third-order valence-corrected chi connectivity index (χ3v) is 6.75. The summed E-state index contributed by atoms with van der Waals surface area (Å²) in [7, 11) is 1.62. The van der Waals surface area contributed by atoms with Gasteiger partial charge in [-0.3, -0.25) is 9.69 Å². The van der Waals surface area contributed by atoms with Crippen LogP contribution in [-0.4, -0.2) is 37.9 Å². The summed E-state index contributed by atoms with van der Waals surface area (Å²) in [5.74, 6) is 1.12. The standard InChI is InChI=1S/C26H39NO5/c1-3-4-5-6-10-13-25(28)31-19-24-23(18-20-11-8-7-9-12-20)27(26(29)32-24)21-14-16-22(30-2)17-15-21/h14-17,20,23-24H,3-13,18-19H2,1-2H3/t23-,24-/m1/s1. The minimum atomic E-state index is -0.435. The van der Waals surface area contributed by atoms with Gasteiger partial charge >= 0.3 is 12.1 Å². The van der Waals surface area contributed by atoms with Gasteiger partial charge in [-0.25, -0.2) is 4.79 Å². The minimum absolute atomic E-state index is 0.128. The fraction of sp³-hybridized carbons (Fsp3) is 0.692. The van der Waals surface area contributed by atoms with Crippen molar-refractivity contribution in [3.63, 3.8) is 0 Å². The molecule has 1 aromatic rings. The number of nitrogens with zero attached hydrogens (tertiary/aromatic N) is 1. The number of cyclic esters (lactones) is 1. The maximum absolute atomic E-state index is 12.8. The molecule has 1 aliphatic carbocycles. The predicted octanol–water partition coefficient (Wildman–Crippen LogP) is 6.26. The molecule has 0 bridgehead atoms. The van der Waals surface area contributed by atoms with Crippen LogP contribution in [0.5, 0.6) is 5.75 Å². The molecule has 2 aliphatic rings. The van der Waals surface area contributed by atoms with Crippen LogP contribution in [0, 0.1) is 5.92 Å². The van der Waals surface area contributed by atoms with Gasteiger partial charge in [0.1, 0.15) is 12.4 Å². The average Bonchev–Trinajstić information content (AvgIpc) is 3.13. The lowest BCUT2D eigenvalue weighted by molar-refractivity contribution is -0.146. The molecule has 0 unspecified atom stereocenters. The van der Waals surface area contributed by atoms with Gasteiger partial charge < -0.3 is 14.2 Å². The van der Waals surface area contributed by atoms with Crippen molar-refractivity contribution in [3.8, 4) is 5.75 Å². The van der Waals surface area contributed by atoms with Crippen molar-refractivity contribution < 1.29 is 23.8 Å². The molecular weight excluding hydrogens is 406 g/mol. The lowest BCUT2D eigenvalue weighted by Crippen LogP contribution is -2.40. The van der Waals surface area contributed by atoms with E-state index >= 15 is 0 Å². The maximum Gasteiger partial charge on any atom is 0.415 e. The number of hydrogen-bond acceptors (Lipinski definition) is 5. The number of esters is 1. The van der Waals surface area contributed by atoms with Crippen molar-refractivity contribution in [3.05, 3.63) is 24.3 Å². The van der Waals surface area contributed by atoms with Gasteiger partial charge in [0.15, 0.2) is 6.10 Å². The second-order valence-electron chi connectivity index (χ2n) is 9.14. The van der Waals surface area contributed by atoms with Gasteiger partial charge in [0.2, 0.25) is 0 Å². The number of methoxy groups -OCH3 is 1. The second kappa shape index (κ2) is 12.7. The highest BCUT2D eigenvalue weighted by Crippen LogP contribution is 2.36. The van der Waals surface area contributed by atoms with E-state index in [4.69, 9.17) is 14.2 Å². The summed E-state index contributed by atoms with van der Waals surface area (Å²) in [5.41, 5.74) is 0.793. The molecule has 0 radical (unpaired) electrons. The van der Waals surface area contributed by atoms with Crippen LogP contribution in [0.25, 0.3) is 0 Å². The molecule has 3 rings (SSSR count). The zero-order valence-corrected chi connectivity index (χ0v) is 19.7. The van der Waals surface area contributed by atoms with Crippen LogP contribution in [0.3, 0.4) is 0 Å². The predicted molar refractivity (Wildman–Crippen MR) is 125 cm³/mol. The van der Waals surface area contributed by atoms with Crippen molar-refractivity contribution in [1.82, 2.24) is 0 Å². The van der Waals surface area contributed by atoms with Crippen LogP contribution in [0.2, 0.25) is 0 Å². The molecule has 0 N–H and O–H groups in total. The summed E-state index contributed by atoms with van der Waals surface area (Å²) in [5, 5.41) is 0. The Bertz CT molecular complexity index is 713. The monoisotopic (exact) mass is 445 g/mol. The average molecular weight is 446 g/mol. The van der Waals surface area contributed by atoms with E-state index in [0.29, 0.717) is 12.3 Å². The number of anilines is 1. The number of carbonyl (C=O) groups excluding carboxylic acids is 2. The summed E-state index contributed by atoms with van der Waals surface area (Å²) < 4.78 is 16.5. The quantitative estimate of drug-likeness (QED) is 0.280. The molecule has 2 atom stereocenters. The molecule has 6 heteroatoms. The second-order valence-corrected chi connectivity index (χ2v) is 9.14. The number of rotatable bonds is 12. The molecule has 1 aromatic carbocycles. The van der Waals surface area contributed by atoms with E-state index in [1.54, 1.807) is 12.0 Å². The smallest absolute Gasteiger partial charge is 0.415 e. The van der Waals surface area contributed by atoms with Gasteiger partial charge in [0.05, 0.1) is 13.2 Å². The summed E-state index contributed by atoms with van der Waals surface area (Å²) in [6.07, 6.45) is 12.1. The van der Waals surface area contributed by atoms with Crippen molar-refractivity contribution in [2.24, 2.45) is 5.92 Å². The normalized spacial score (nSPS) is 21.4. The fourth-order valence-corrected chi connectivity index (χ4v) is 4.89. The number of hydrogen-bond donors (Lipinski definition) is 0. The number of unbranched alkanes of at least 4 members (excludes halogenated alkanes) is 4. The van der Waals surface area contributed by atoms with E-state index in [1.165, 1.54) is 44.9 Å². The SMILES string of the molecule is CCCCCCCC(=O)OC[C@H]1OC(=O)N(c2ccc(OC)cc2)[C@@H]1CC1CCCCC1. The molecule has 0 spiro atoms. The van der Waals surface area contributed by atoms with E-state index in [9.17, 15) is 9.59 Å². The molecule has 2 fully saturated rings. The summed E-state index contributed by atoms with van der Waals surface area (Å²) >= 11 is 0. The Balaban J connectivity index is 1.62. The Labute approximate surface area is 192 Å². The van der Waals surface area contributed by atoms with Crippen molar-refractivity contribution in [2.75, 3.05) is 18.6 Å². The lowest BCUT2D eigenvalue weighted by Gasteiger charge is -2.30. The van der Waals surface area contributed by atoms with Gasteiger partial charge in [-0.1, -0.05) is 64.7 Å². The summed E-state index contributed by atoms with van der Waals surface area (Å²) in [6.45, 7) is 2.31. The van der Waals surface area contributed by atoms with Crippen molar-refractivity contribution >= 4 is 17.7 Å². The molecule has 6 nitrogen and oxygen atoms in total. The Morgan fingerprint density at radius 3 is 2.47 bits per heavy atom. The van der Waals surface area contributed by atoms with Gasteiger partial charge in [0, 0.05) is 12.1 Å². The molecule has 178 valence electrons. The Morgan fingerprint density at radius 2 is 1.78 bits per heavy atom. The molecule has 1 aliphatic heterocycles. The highest BCUT2D eigenvalue weighted by molar-refractivity contribution is 5.90. The minimum Gasteiger partial charge on any atom is -0.497 e. The number of amides is 1. The van der Waals surface area contributed by atoms with Gasteiger partial charge in [-0.05, 0) is 43.0 Å². The van der Waals surface area contributed by atoms with Crippen LogP contribution in [0.15, 0.2) is 24.3 Å². The maximum atomic E-state index is 12.8. The largest absolute Gasteiger partial charge is 0.497 e. The first-order chi connectivity index (χ1) is 15.6. The first-order valence-electron chi connectivity index (χ1n) is 12.4. The zero-order valence-electron chi connectivity index (χ0n) is 19.7. The summed E-state index contributed by atoms with van der Waals surface area (Å²) in [4.78, 5) is 26.8. The van der Waals surface area contributed by atoms with Crippen molar-refractivity contribution in [1.29, 1.82) is 0 Å². The highest BCUT2D eigenvalue weighted by atomic mass is 16.6. The van der Waals surface area contributed by atoms with Gasteiger partial charge in [-0.2, -0.15) is 0 Å².